The lowest BCUT2D eigenvalue weighted by atomic mass is 9.93. The minimum absolute atomic E-state index is 1.17. The summed E-state index contributed by atoms with van der Waals surface area (Å²) < 4.78 is 0. The number of hydrogen-bond donors (Lipinski definition) is 0. The van der Waals surface area contributed by atoms with Crippen LogP contribution in [-0.2, 0) is 0 Å². The van der Waals surface area contributed by atoms with Crippen molar-refractivity contribution >= 4 is 16.3 Å². The van der Waals surface area contributed by atoms with Crippen LogP contribution in [0.3, 0.4) is 0 Å². The van der Waals surface area contributed by atoms with Gasteiger partial charge >= 0.3 is 0 Å². The average molecular weight is 234 g/mol. The van der Waals surface area contributed by atoms with E-state index in [0.717, 1.165) is 0 Å². The zero-order chi connectivity index (χ0) is 12.5. The normalized spacial score (nSPS) is 15.4. The van der Waals surface area contributed by atoms with Crippen molar-refractivity contribution in [3.63, 3.8) is 0 Å². The molecule has 1 aliphatic rings. The molecule has 2 aromatic carbocycles. The lowest BCUT2D eigenvalue weighted by molar-refractivity contribution is 0.966. The predicted octanol–water partition coefficient (Wildman–Crippen LogP) is 5.27. The van der Waals surface area contributed by atoms with Crippen LogP contribution in [0.4, 0.5) is 0 Å². The van der Waals surface area contributed by atoms with Crippen LogP contribution in [0.2, 0.25) is 0 Å². The molecule has 0 atom stereocenters. The Morgan fingerprint density at radius 2 is 1.89 bits per heavy atom. The van der Waals surface area contributed by atoms with Gasteiger partial charge in [-0.3, -0.25) is 0 Å². The molecule has 0 fully saturated rings. The van der Waals surface area contributed by atoms with Crippen molar-refractivity contribution in [3.05, 3.63) is 65.3 Å². The van der Waals surface area contributed by atoms with Crippen LogP contribution >= 0.6 is 0 Å². The first-order valence-electron chi connectivity index (χ1n) is 6.61. The number of hydrogen-bond acceptors (Lipinski definition) is 0. The van der Waals surface area contributed by atoms with Crippen LogP contribution in [0.5, 0.6) is 0 Å². The zero-order valence-electron chi connectivity index (χ0n) is 11.0. The van der Waals surface area contributed by atoms with Gasteiger partial charge in [-0.1, -0.05) is 48.1 Å². The van der Waals surface area contributed by atoms with E-state index in [1.807, 2.05) is 0 Å². The SMILES string of the molecule is CC1=CC(c2ccc3c(C)cccc3c2)=CCC1. The van der Waals surface area contributed by atoms with Crippen LogP contribution in [0.25, 0.3) is 16.3 Å². The molecular formula is C18H18. The van der Waals surface area contributed by atoms with Crippen molar-refractivity contribution in [1.82, 2.24) is 0 Å². The molecular weight excluding hydrogens is 216 g/mol. The average Bonchev–Trinajstić information content (AvgIpc) is 2.39. The quantitative estimate of drug-likeness (QED) is 0.630. The molecule has 90 valence electrons. The van der Waals surface area contributed by atoms with Crippen LogP contribution in [0, 0.1) is 6.92 Å². The summed E-state index contributed by atoms with van der Waals surface area (Å²) >= 11 is 0. The third-order valence-corrected chi connectivity index (χ3v) is 3.74. The van der Waals surface area contributed by atoms with Gasteiger partial charge in [0, 0.05) is 0 Å². The van der Waals surface area contributed by atoms with Crippen molar-refractivity contribution in [2.24, 2.45) is 0 Å². The Hall–Kier alpha value is -1.82. The number of benzene rings is 2. The molecule has 0 spiro atoms. The minimum Gasteiger partial charge on any atom is -0.0763 e. The topological polar surface area (TPSA) is 0 Å². The highest BCUT2D eigenvalue weighted by Gasteiger charge is 2.05. The van der Waals surface area contributed by atoms with Crippen molar-refractivity contribution < 1.29 is 0 Å². The highest BCUT2D eigenvalue weighted by Crippen LogP contribution is 2.28. The third kappa shape index (κ3) is 1.99. The highest BCUT2D eigenvalue weighted by molar-refractivity contribution is 5.90. The Morgan fingerprint density at radius 3 is 2.72 bits per heavy atom. The Morgan fingerprint density at radius 1 is 1.00 bits per heavy atom. The summed E-state index contributed by atoms with van der Waals surface area (Å²) in [7, 11) is 0. The fraction of sp³-hybridized carbons (Fsp3) is 0.222. The molecule has 0 aromatic heterocycles. The Kier molecular flexibility index (Phi) is 2.79. The molecule has 0 bridgehead atoms. The maximum absolute atomic E-state index is 2.35. The van der Waals surface area contributed by atoms with Crippen LogP contribution < -0.4 is 0 Å². The molecule has 0 nitrogen and oxygen atoms in total. The number of aryl methyl sites for hydroxylation is 1. The summed E-state index contributed by atoms with van der Waals surface area (Å²) in [5.41, 5.74) is 5.55. The summed E-state index contributed by atoms with van der Waals surface area (Å²) in [4.78, 5) is 0. The van der Waals surface area contributed by atoms with E-state index in [-0.39, 0.29) is 0 Å². The van der Waals surface area contributed by atoms with E-state index in [1.165, 1.54) is 45.9 Å². The molecule has 0 heteroatoms. The molecule has 0 saturated carbocycles. The predicted molar refractivity (Wildman–Crippen MR) is 79.7 cm³/mol. The second-order valence-electron chi connectivity index (χ2n) is 5.20. The van der Waals surface area contributed by atoms with E-state index in [0.29, 0.717) is 0 Å². The summed E-state index contributed by atoms with van der Waals surface area (Å²) in [5.74, 6) is 0. The van der Waals surface area contributed by atoms with Crippen molar-refractivity contribution in [1.29, 1.82) is 0 Å². The first-order chi connectivity index (χ1) is 8.74. The first kappa shape index (κ1) is 11.3. The van der Waals surface area contributed by atoms with Crippen molar-refractivity contribution in [3.8, 4) is 0 Å². The molecule has 1 aliphatic carbocycles. The highest BCUT2D eigenvalue weighted by atomic mass is 14.1. The standard InChI is InChI=1S/C18H18/c1-13-5-3-7-15(11-13)16-9-10-18-14(2)6-4-8-17(18)12-16/h4,6-12H,3,5H2,1-2H3. The summed E-state index contributed by atoms with van der Waals surface area (Å²) in [6, 6.07) is 13.3. The molecule has 0 amide bonds. The molecule has 0 saturated heterocycles. The van der Waals surface area contributed by atoms with E-state index in [9.17, 15) is 0 Å². The molecule has 0 unspecified atom stereocenters. The second kappa shape index (κ2) is 4.45. The summed E-state index contributed by atoms with van der Waals surface area (Å²) in [6.45, 7) is 4.39. The van der Waals surface area contributed by atoms with E-state index in [1.54, 1.807) is 0 Å². The third-order valence-electron chi connectivity index (χ3n) is 3.74. The Labute approximate surface area is 109 Å². The molecule has 2 aromatic rings. The molecule has 0 aliphatic heterocycles. The smallest absolute Gasteiger partial charge is 0.0154 e. The molecule has 0 radical (unpaired) electrons. The molecule has 0 N–H and O–H groups in total. The van der Waals surface area contributed by atoms with Crippen LogP contribution in [0.15, 0.2) is 54.1 Å². The number of allylic oxidation sites excluding steroid dienone is 4. The van der Waals surface area contributed by atoms with Gasteiger partial charge in [-0.25, -0.2) is 0 Å². The molecule has 3 rings (SSSR count). The Bertz CT molecular complexity index is 657. The van der Waals surface area contributed by atoms with Gasteiger partial charge in [-0.15, -0.1) is 0 Å². The van der Waals surface area contributed by atoms with E-state index in [4.69, 9.17) is 0 Å². The van der Waals surface area contributed by atoms with Gasteiger partial charge in [0.1, 0.15) is 0 Å². The summed E-state index contributed by atoms with van der Waals surface area (Å²) in [5, 5.41) is 2.70. The fourth-order valence-corrected chi connectivity index (χ4v) is 2.68. The van der Waals surface area contributed by atoms with Gasteiger partial charge in [0.2, 0.25) is 0 Å². The largest absolute Gasteiger partial charge is 0.0763 e. The fourth-order valence-electron chi connectivity index (χ4n) is 2.68. The van der Waals surface area contributed by atoms with Gasteiger partial charge in [0.15, 0.2) is 0 Å². The zero-order valence-corrected chi connectivity index (χ0v) is 11.0. The van der Waals surface area contributed by atoms with Crippen molar-refractivity contribution in [2.45, 2.75) is 26.7 Å². The molecule has 0 heterocycles. The van der Waals surface area contributed by atoms with Gasteiger partial charge in [-0.05, 0) is 60.2 Å². The van der Waals surface area contributed by atoms with Crippen molar-refractivity contribution in [2.75, 3.05) is 0 Å². The Balaban J connectivity index is 2.12. The lowest BCUT2D eigenvalue weighted by Gasteiger charge is -2.12. The maximum Gasteiger partial charge on any atom is -0.0154 e. The second-order valence-corrected chi connectivity index (χ2v) is 5.20. The molecule has 18 heavy (non-hydrogen) atoms. The monoisotopic (exact) mass is 234 g/mol. The summed E-state index contributed by atoms with van der Waals surface area (Å²) in [6.07, 6.45) is 7.05. The van der Waals surface area contributed by atoms with Gasteiger partial charge < -0.3 is 0 Å². The van der Waals surface area contributed by atoms with Gasteiger partial charge in [-0.2, -0.15) is 0 Å². The lowest BCUT2D eigenvalue weighted by Crippen LogP contribution is -1.90. The van der Waals surface area contributed by atoms with E-state index in [2.05, 4.69) is 62.4 Å². The van der Waals surface area contributed by atoms with Crippen LogP contribution in [-0.4, -0.2) is 0 Å². The van der Waals surface area contributed by atoms with Gasteiger partial charge in [0.05, 0.1) is 0 Å². The van der Waals surface area contributed by atoms with Gasteiger partial charge in [0.25, 0.3) is 0 Å². The number of fused-ring (bicyclic) bond motifs is 1. The van der Waals surface area contributed by atoms with Crippen LogP contribution in [0.1, 0.15) is 30.9 Å². The van der Waals surface area contributed by atoms with E-state index >= 15 is 0 Å². The number of rotatable bonds is 1. The van der Waals surface area contributed by atoms with E-state index < -0.39 is 0 Å². The minimum atomic E-state index is 1.17. The maximum atomic E-state index is 2.35. The first-order valence-corrected chi connectivity index (χ1v) is 6.61.